The highest BCUT2D eigenvalue weighted by atomic mass is 32.2. The molecule has 1 fully saturated rings. The first kappa shape index (κ1) is 22.7. The van der Waals surface area contributed by atoms with Crippen molar-refractivity contribution < 1.29 is 19.1 Å². The van der Waals surface area contributed by atoms with Crippen molar-refractivity contribution >= 4 is 39.8 Å². The summed E-state index contributed by atoms with van der Waals surface area (Å²) in [6.07, 6.45) is 6.41. The highest BCUT2D eigenvalue weighted by Gasteiger charge is 2.36. The number of amides is 1. The van der Waals surface area contributed by atoms with Crippen molar-refractivity contribution in [2.24, 2.45) is 0 Å². The Morgan fingerprint density at radius 3 is 2.88 bits per heavy atom. The largest absolute Gasteiger partial charge is 0.487 e. The van der Waals surface area contributed by atoms with Crippen LogP contribution in [0.4, 0.5) is 11.4 Å². The first-order valence-corrected chi connectivity index (χ1v) is 12.3. The lowest BCUT2D eigenvalue weighted by molar-refractivity contribution is -0.109. The van der Waals surface area contributed by atoms with E-state index in [0.29, 0.717) is 36.6 Å². The summed E-state index contributed by atoms with van der Waals surface area (Å²) in [7, 11) is 0. The summed E-state index contributed by atoms with van der Waals surface area (Å²) in [4.78, 5) is 31.1. The van der Waals surface area contributed by atoms with Crippen LogP contribution in [0.5, 0.6) is 5.75 Å². The highest BCUT2D eigenvalue weighted by Crippen LogP contribution is 2.43. The van der Waals surface area contributed by atoms with Gasteiger partial charge in [-0.1, -0.05) is 11.8 Å². The van der Waals surface area contributed by atoms with Crippen LogP contribution in [0.2, 0.25) is 0 Å². The van der Waals surface area contributed by atoms with Gasteiger partial charge in [-0.15, -0.1) is 0 Å². The molecule has 0 spiro atoms. The number of rotatable bonds is 6. The number of carbonyl (C=O) groups is 2. The molecule has 1 aromatic carbocycles. The Hall–Kier alpha value is -3.11. The molecular formula is C24H27N5O4S. The Kier molecular flexibility index (Phi) is 6.18. The van der Waals surface area contributed by atoms with E-state index in [1.165, 1.54) is 18.0 Å². The summed E-state index contributed by atoms with van der Waals surface area (Å²) in [5, 5.41) is 7.44. The van der Waals surface area contributed by atoms with E-state index < -0.39 is 0 Å². The summed E-state index contributed by atoms with van der Waals surface area (Å²) in [6, 6.07) is 5.80. The SMILES string of the molecule is CC(=O)SCC[C@@]1(C)Cc2cc(NC(=O)c3cnn4cccnc34)c(N3CCOCC3)cc2O1. The number of nitrogens with zero attached hydrogens (tertiary/aromatic N) is 4. The van der Waals surface area contributed by atoms with Gasteiger partial charge in [0, 0.05) is 56.2 Å². The number of hydrogen-bond donors (Lipinski definition) is 1. The standard InChI is InChI=1S/C24H27N5O4S/c1-16(30)34-11-4-24(2)14-17-12-19(20(13-21(17)33-24)28-7-9-32-10-8-28)27-23(31)18-15-26-29-6-3-5-25-22(18)29/h3,5-6,12-13,15H,4,7-11,14H2,1-2H3,(H,27,31)/t24-/m0/s1. The summed E-state index contributed by atoms with van der Waals surface area (Å²) in [5.41, 5.74) is 3.21. The van der Waals surface area contributed by atoms with Crippen LogP contribution >= 0.6 is 11.8 Å². The van der Waals surface area contributed by atoms with Gasteiger partial charge in [-0.3, -0.25) is 9.59 Å². The zero-order chi connectivity index (χ0) is 23.7. The van der Waals surface area contributed by atoms with Gasteiger partial charge in [0.25, 0.3) is 5.91 Å². The quantitative estimate of drug-likeness (QED) is 0.573. The molecule has 0 unspecified atom stereocenters. The third-order valence-corrected chi connectivity index (χ3v) is 6.97. The number of benzene rings is 1. The molecule has 178 valence electrons. The van der Waals surface area contributed by atoms with Crippen LogP contribution in [0, 0.1) is 0 Å². The monoisotopic (exact) mass is 481 g/mol. The van der Waals surface area contributed by atoms with Crippen molar-refractivity contribution in [1.29, 1.82) is 0 Å². The molecule has 2 aromatic heterocycles. The molecule has 3 aromatic rings. The molecule has 1 N–H and O–H groups in total. The normalized spacial score (nSPS) is 19.6. The van der Waals surface area contributed by atoms with E-state index in [1.807, 2.05) is 12.1 Å². The molecule has 5 rings (SSSR count). The van der Waals surface area contributed by atoms with Gasteiger partial charge in [-0.2, -0.15) is 5.10 Å². The van der Waals surface area contributed by atoms with E-state index in [2.05, 4.69) is 27.2 Å². The number of hydrogen-bond acceptors (Lipinski definition) is 8. The number of fused-ring (bicyclic) bond motifs is 2. The average molecular weight is 482 g/mol. The van der Waals surface area contributed by atoms with Crippen LogP contribution in [0.1, 0.15) is 36.2 Å². The van der Waals surface area contributed by atoms with Gasteiger partial charge < -0.3 is 19.7 Å². The maximum Gasteiger partial charge on any atom is 0.261 e. The van der Waals surface area contributed by atoms with Crippen LogP contribution < -0.4 is 15.0 Å². The van der Waals surface area contributed by atoms with Crippen molar-refractivity contribution in [3.05, 3.63) is 47.9 Å². The molecule has 4 heterocycles. The fourth-order valence-electron chi connectivity index (χ4n) is 4.44. The molecule has 1 atom stereocenters. The second-order valence-electron chi connectivity index (χ2n) is 8.80. The Bertz CT molecular complexity index is 1240. The van der Waals surface area contributed by atoms with Crippen LogP contribution in [-0.4, -0.2) is 63.3 Å². The first-order valence-electron chi connectivity index (χ1n) is 11.3. The smallest absolute Gasteiger partial charge is 0.261 e. The minimum Gasteiger partial charge on any atom is -0.487 e. The van der Waals surface area contributed by atoms with Crippen LogP contribution in [-0.2, 0) is 16.0 Å². The molecule has 2 aliphatic rings. The maximum absolute atomic E-state index is 13.2. The van der Waals surface area contributed by atoms with Crippen molar-refractivity contribution in [2.75, 3.05) is 42.3 Å². The van der Waals surface area contributed by atoms with E-state index in [-0.39, 0.29) is 16.6 Å². The summed E-state index contributed by atoms with van der Waals surface area (Å²) in [5.74, 6) is 1.27. The highest BCUT2D eigenvalue weighted by molar-refractivity contribution is 8.13. The molecule has 0 saturated carbocycles. The topological polar surface area (TPSA) is 98.1 Å². The van der Waals surface area contributed by atoms with Gasteiger partial charge in [0.2, 0.25) is 0 Å². The number of thioether (sulfide) groups is 1. The molecule has 9 nitrogen and oxygen atoms in total. The molecule has 0 aliphatic carbocycles. The Labute approximate surface area is 201 Å². The van der Waals surface area contributed by atoms with E-state index in [9.17, 15) is 9.59 Å². The maximum atomic E-state index is 13.2. The third kappa shape index (κ3) is 4.60. The number of carbonyl (C=O) groups excluding carboxylic acids is 2. The lowest BCUT2D eigenvalue weighted by atomic mass is 9.96. The lowest BCUT2D eigenvalue weighted by Crippen LogP contribution is -2.36. The molecule has 1 saturated heterocycles. The summed E-state index contributed by atoms with van der Waals surface area (Å²) < 4.78 is 13.5. The first-order chi connectivity index (χ1) is 16.4. The Morgan fingerprint density at radius 1 is 1.26 bits per heavy atom. The molecular weight excluding hydrogens is 454 g/mol. The summed E-state index contributed by atoms with van der Waals surface area (Å²) >= 11 is 1.32. The number of morpholine rings is 1. The zero-order valence-electron chi connectivity index (χ0n) is 19.2. The van der Waals surface area contributed by atoms with E-state index >= 15 is 0 Å². The number of aromatic nitrogens is 3. The molecule has 10 heteroatoms. The van der Waals surface area contributed by atoms with Gasteiger partial charge in [0.05, 0.1) is 30.8 Å². The predicted octanol–water partition coefficient (Wildman–Crippen LogP) is 3.18. The van der Waals surface area contributed by atoms with Gasteiger partial charge in [0.1, 0.15) is 16.9 Å². The number of anilines is 2. The number of nitrogens with one attached hydrogen (secondary N) is 1. The molecule has 1 amide bonds. The molecule has 0 radical (unpaired) electrons. The van der Waals surface area contributed by atoms with Crippen LogP contribution in [0.15, 0.2) is 36.8 Å². The van der Waals surface area contributed by atoms with Gasteiger partial charge >= 0.3 is 0 Å². The van der Waals surface area contributed by atoms with Crippen molar-refractivity contribution in [2.45, 2.75) is 32.3 Å². The second-order valence-corrected chi connectivity index (χ2v) is 10.1. The fraction of sp³-hybridized carbons (Fsp3) is 0.417. The van der Waals surface area contributed by atoms with Gasteiger partial charge in [0.15, 0.2) is 10.8 Å². The second kappa shape index (κ2) is 9.27. The van der Waals surface area contributed by atoms with E-state index in [1.54, 1.807) is 29.9 Å². The number of ether oxygens (including phenoxy) is 2. The lowest BCUT2D eigenvalue weighted by Gasteiger charge is -2.31. The van der Waals surface area contributed by atoms with Crippen molar-refractivity contribution in [3.63, 3.8) is 0 Å². The third-order valence-electron chi connectivity index (χ3n) is 6.16. The fourth-order valence-corrected chi connectivity index (χ4v) is 5.27. The molecule has 0 bridgehead atoms. The van der Waals surface area contributed by atoms with Crippen LogP contribution in [0.25, 0.3) is 5.65 Å². The zero-order valence-corrected chi connectivity index (χ0v) is 20.1. The van der Waals surface area contributed by atoms with Crippen molar-refractivity contribution in [3.8, 4) is 5.75 Å². The molecule has 2 aliphatic heterocycles. The van der Waals surface area contributed by atoms with Crippen molar-refractivity contribution in [1.82, 2.24) is 14.6 Å². The average Bonchev–Trinajstić information content (AvgIpc) is 3.39. The minimum atomic E-state index is -0.387. The van der Waals surface area contributed by atoms with Crippen LogP contribution in [0.3, 0.4) is 0 Å². The summed E-state index contributed by atoms with van der Waals surface area (Å²) in [6.45, 7) is 6.37. The Balaban J connectivity index is 1.44. The molecule has 34 heavy (non-hydrogen) atoms. The Morgan fingerprint density at radius 2 is 2.09 bits per heavy atom. The van der Waals surface area contributed by atoms with E-state index in [0.717, 1.165) is 42.2 Å². The van der Waals surface area contributed by atoms with E-state index in [4.69, 9.17) is 9.47 Å². The predicted molar refractivity (Wildman–Crippen MR) is 131 cm³/mol. The minimum absolute atomic E-state index is 0.112. The van der Waals surface area contributed by atoms with Gasteiger partial charge in [-0.05, 0) is 25.5 Å². The van der Waals surface area contributed by atoms with Gasteiger partial charge in [-0.25, -0.2) is 9.50 Å².